The van der Waals surface area contributed by atoms with Crippen LogP contribution in [0.2, 0.25) is 0 Å². The zero-order valence-electron chi connectivity index (χ0n) is 14.8. The summed E-state index contributed by atoms with van der Waals surface area (Å²) in [6, 6.07) is 13.1. The van der Waals surface area contributed by atoms with Gasteiger partial charge in [-0.1, -0.05) is 24.3 Å². The minimum atomic E-state index is -0.436. The lowest BCUT2D eigenvalue weighted by Crippen LogP contribution is -2.52. The second-order valence-corrected chi connectivity index (χ2v) is 6.42. The van der Waals surface area contributed by atoms with Crippen LogP contribution in [0.15, 0.2) is 54.1 Å². The average Bonchev–Trinajstić information content (AvgIpc) is 2.67. The van der Waals surface area contributed by atoms with E-state index in [9.17, 15) is 14.0 Å². The molecule has 1 aliphatic rings. The third kappa shape index (κ3) is 4.03. The maximum absolute atomic E-state index is 13.2. The molecule has 2 aromatic carbocycles. The minimum Gasteiger partial charge on any atom is -0.489 e. The molecule has 1 saturated heterocycles. The van der Waals surface area contributed by atoms with Crippen LogP contribution in [0.1, 0.15) is 11.1 Å². The van der Waals surface area contributed by atoms with Crippen LogP contribution in [0.4, 0.5) is 4.39 Å². The van der Waals surface area contributed by atoms with Crippen LogP contribution in [0, 0.1) is 5.82 Å². The highest BCUT2D eigenvalue weighted by atomic mass is 32.1. The Kier molecular flexibility index (Phi) is 5.32. The maximum Gasteiger partial charge on any atom is 0.265 e. The molecule has 0 radical (unpaired) electrons. The number of carbonyl (C=O) groups is 2. The van der Waals surface area contributed by atoms with Gasteiger partial charge in [0.25, 0.3) is 11.8 Å². The minimum absolute atomic E-state index is 0.0435. The summed E-state index contributed by atoms with van der Waals surface area (Å²) < 4.78 is 18.8. The third-order valence-corrected chi connectivity index (χ3v) is 4.68. The molecule has 1 aliphatic heterocycles. The highest BCUT2D eigenvalue weighted by Crippen LogP contribution is 2.20. The van der Waals surface area contributed by atoms with Crippen LogP contribution in [0.3, 0.4) is 0 Å². The lowest BCUT2D eigenvalue weighted by atomic mass is 10.1. The Bertz CT molecular complexity index is 914. The summed E-state index contributed by atoms with van der Waals surface area (Å²) in [4.78, 5) is 27.2. The van der Waals surface area contributed by atoms with Gasteiger partial charge < -0.3 is 4.74 Å². The van der Waals surface area contributed by atoms with E-state index in [0.29, 0.717) is 11.3 Å². The first-order valence-electron chi connectivity index (χ1n) is 8.16. The highest BCUT2D eigenvalue weighted by molar-refractivity contribution is 7.80. The number of ether oxygens (including phenoxy) is 1. The zero-order valence-corrected chi connectivity index (χ0v) is 15.6. The molecular formula is C20H17FN2O3S. The van der Waals surface area contributed by atoms with Gasteiger partial charge in [0.2, 0.25) is 0 Å². The van der Waals surface area contributed by atoms with Gasteiger partial charge in [-0.15, -0.1) is 0 Å². The topological polar surface area (TPSA) is 49.9 Å². The molecule has 0 aromatic heterocycles. The van der Waals surface area contributed by atoms with Crippen molar-refractivity contribution in [3.63, 3.8) is 0 Å². The maximum atomic E-state index is 13.2. The van der Waals surface area contributed by atoms with E-state index in [2.05, 4.69) is 0 Å². The van der Waals surface area contributed by atoms with Crippen LogP contribution in [0.25, 0.3) is 6.08 Å². The smallest absolute Gasteiger partial charge is 0.265 e. The number of amides is 2. The van der Waals surface area contributed by atoms with Crippen molar-refractivity contribution in [2.24, 2.45) is 0 Å². The molecule has 7 heteroatoms. The number of carbonyl (C=O) groups excluding carboxylic acids is 2. The number of nitrogens with zero attached hydrogens (tertiary/aromatic N) is 2. The molecular weight excluding hydrogens is 367 g/mol. The summed E-state index contributed by atoms with van der Waals surface area (Å²) in [5.74, 6) is -0.587. The van der Waals surface area contributed by atoms with Gasteiger partial charge in [-0.3, -0.25) is 19.4 Å². The summed E-state index contributed by atoms with van der Waals surface area (Å²) >= 11 is 5.06. The van der Waals surface area contributed by atoms with Crippen molar-refractivity contribution in [3.05, 3.63) is 71.0 Å². The van der Waals surface area contributed by atoms with Gasteiger partial charge in [0.15, 0.2) is 5.11 Å². The number of rotatable bonds is 4. The van der Waals surface area contributed by atoms with E-state index in [0.717, 1.165) is 5.56 Å². The normalized spacial score (nSPS) is 14.6. The first kappa shape index (κ1) is 18.7. The molecule has 0 bridgehead atoms. The van der Waals surface area contributed by atoms with Crippen LogP contribution in [-0.2, 0) is 16.2 Å². The number of halogens is 1. The molecule has 5 nitrogen and oxygen atoms in total. The third-order valence-electron chi connectivity index (χ3n) is 4.13. The molecule has 0 unspecified atom stereocenters. The Morgan fingerprint density at radius 1 is 1.04 bits per heavy atom. The molecule has 0 aliphatic carbocycles. The van der Waals surface area contributed by atoms with Crippen LogP contribution < -0.4 is 4.74 Å². The first-order valence-corrected chi connectivity index (χ1v) is 8.56. The molecule has 2 amide bonds. The fraction of sp³-hybridized carbons (Fsp3) is 0.150. The summed E-state index contributed by atoms with van der Waals surface area (Å²) in [5, 5.41) is 0.170. The predicted molar refractivity (Wildman–Crippen MR) is 103 cm³/mol. The van der Waals surface area contributed by atoms with Crippen LogP contribution >= 0.6 is 12.2 Å². The lowest BCUT2D eigenvalue weighted by molar-refractivity contribution is -0.132. The molecule has 138 valence electrons. The molecule has 0 saturated carbocycles. The Morgan fingerprint density at radius 2 is 1.67 bits per heavy atom. The van der Waals surface area contributed by atoms with Gasteiger partial charge in [-0.2, -0.15) is 0 Å². The number of thiocarbonyl (C=S) groups is 1. The first-order chi connectivity index (χ1) is 12.9. The van der Waals surface area contributed by atoms with E-state index in [1.165, 1.54) is 42.1 Å². The van der Waals surface area contributed by atoms with Gasteiger partial charge in [0.1, 0.15) is 23.7 Å². The summed E-state index contributed by atoms with van der Waals surface area (Å²) in [6.45, 7) is 0.238. The fourth-order valence-electron chi connectivity index (χ4n) is 2.60. The van der Waals surface area contributed by atoms with E-state index in [1.807, 2.05) is 0 Å². The summed E-state index contributed by atoms with van der Waals surface area (Å²) in [5.41, 5.74) is 1.45. The Labute approximate surface area is 161 Å². The Morgan fingerprint density at radius 3 is 2.26 bits per heavy atom. The largest absolute Gasteiger partial charge is 0.489 e. The van der Waals surface area contributed by atoms with Gasteiger partial charge in [0, 0.05) is 14.1 Å². The summed E-state index contributed by atoms with van der Waals surface area (Å²) in [6.07, 6.45) is 1.52. The van der Waals surface area contributed by atoms with Gasteiger partial charge in [-0.05, 0) is 53.7 Å². The molecule has 2 aromatic rings. The lowest BCUT2D eigenvalue weighted by Gasteiger charge is -2.31. The molecule has 0 N–H and O–H groups in total. The molecule has 27 heavy (non-hydrogen) atoms. The highest BCUT2D eigenvalue weighted by Gasteiger charge is 2.35. The average molecular weight is 384 g/mol. The summed E-state index contributed by atoms with van der Waals surface area (Å²) in [7, 11) is 3.07. The number of hydrogen-bond donors (Lipinski definition) is 0. The van der Waals surface area contributed by atoms with Crippen molar-refractivity contribution in [1.82, 2.24) is 9.80 Å². The fourth-order valence-corrected chi connectivity index (χ4v) is 2.76. The second-order valence-electron chi connectivity index (χ2n) is 6.06. The van der Waals surface area contributed by atoms with Crippen molar-refractivity contribution < 1.29 is 18.7 Å². The number of hydrogen-bond acceptors (Lipinski definition) is 4. The van der Waals surface area contributed by atoms with Gasteiger partial charge in [-0.25, -0.2) is 4.39 Å². The van der Waals surface area contributed by atoms with Crippen molar-refractivity contribution in [3.8, 4) is 5.75 Å². The zero-order chi connectivity index (χ0) is 19.6. The van der Waals surface area contributed by atoms with Crippen LogP contribution in [-0.4, -0.2) is 40.8 Å². The second kappa shape index (κ2) is 7.67. The molecule has 1 fully saturated rings. The Hall–Kier alpha value is -3.06. The Balaban J connectivity index is 1.73. The van der Waals surface area contributed by atoms with Crippen molar-refractivity contribution in [2.75, 3.05) is 14.1 Å². The van der Waals surface area contributed by atoms with E-state index in [-0.39, 0.29) is 23.1 Å². The number of likely N-dealkylation sites (N-methyl/N-ethyl adjacent to an activating group) is 2. The molecule has 3 rings (SSSR count). The van der Waals surface area contributed by atoms with Crippen molar-refractivity contribution in [1.29, 1.82) is 0 Å². The van der Waals surface area contributed by atoms with E-state index in [1.54, 1.807) is 36.4 Å². The van der Waals surface area contributed by atoms with Crippen molar-refractivity contribution >= 4 is 35.2 Å². The molecule has 0 atom stereocenters. The SMILES string of the molecule is CN1C(=O)C(=Cc2ccc(OCc3cccc(F)c3)cc2)C(=O)N(C)C1=S. The van der Waals surface area contributed by atoms with Gasteiger partial charge in [0.05, 0.1) is 0 Å². The molecule has 1 heterocycles. The van der Waals surface area contributed by atoms with Gasteiger partial charge >= 0.3 is 0 Å². The standard InChI is InChI=1S/C20H17FN2O3S/c1-22-18(24)17(19(25)23(2)20(22)27)11-13-6-8-16(9-7-13)26-12-14-4-3-5-15(21)10-14/h3-11H,12H2,1-2H3. The number of benzene rings is 2. The van der Waals surface area contributed by atoms with E-state index >= 15 is 0 Å². The molecule has 0 spiro atoms. The predicted octanol–water partition coefficient (Wildman–Crippen LogP) is 3.00. The van der Waals surface area contributed by atoms with Crippen LogP contribution in [0.5, 0.6) is 5.75 Å². The van der Waals surface area contributed by atoms with Crippen molar-refractivity contribution in [2.45, 2.75) is 6.61 Å². The van der Waals surface area contributed by atoms with E-state index in [4.69, 9.17) is 17.0 Å². The monoisotopic (exact) mass is 384 g/mol. The van der Waals surface area contributed by atoms with E-state index < -0.39 is 11.8 Å². The quantitative estimate of drug-likeness (QED) is 0.462.